The Hall–Kier alpha value is -2.04. The summed E-state index contributed by atoms with van der Waals surface area (Å²) in [4.78, 5) is 26.2. The Morgan fingerprint density at radius 1 is 1.16 bits per heavy atom. The normalized spacial score (nSPS) is 17.0. The molecule has 1 aliphatic heterocycles. The minimum atomic E-state index is -0.491. The van der Waals surface area contributed by atoms with Crippen LogP contribution in [-0.4, -0.2) is 18.4 Å². The fourth-order valence-corrected chi connectivity index (χ4v) is 3.28. The van der Waals surface area contributed by atoms with Crippen molar-refractivity contribution >= 4 is 40.8 Å². The number of hydrogen-bond acceptors (Lipinski definition) is 3. The summed E-state index contributed by atoms with van der Waals surface area (Å²) in [6.07, 6.45) is 0.142. The van der Waals surface area contributed by atoms with Crippen LogP contribution in [0, 0.1) is 12.8 Å². The van der Waals surface area contributed by atoms with E-state index in [-0.39, 0.29) is 18.9 Å². The molecule has 25 heavy (non-hydrogen) atoms. The van der Waals surface area contributed by atoms with Crippen molar-refractivity contribution in [1.29, 1.82) is 0 Å². The van der Waals surface area contributed by atoms with Crippen LogP contribution >= 0.6 is 23.2 Å². The van der Waals surface area contributed by atoms with Crippen molar-refractivity contribution in [3.8, 4) is 0 Å². The largest absolute Gasteiger partial charge is 0.460 e. The molecule has 0 saturated carbocycles. The summed E-state index contributed by atoms with van der Waals surface area (Å²) < 4.78 is 5.34. The fourth-order valence-electron chi connectivity index (χ4n) is 2.77. The second kappa shape index (κ2) is 7.46. The molecule has 3 rings (SSSR count). The van der Waals surface area contributed by atoms with Crippen molar-refractivity contribution in [3.63, 3.8) is 0 Å². The Labute approximate surface area is 156 Å². The smallest absolute Gasteiger partial charge is 0.311 e. The number of benzene rings is 2. The highest BCUT2D eigenvalue weighted by Crippen LogP contribution is 2.28. The van der Waals surface area contributed by atoms with Crippen molar-refractivity contribution in [2.24, 2.45) is 5.92 Å². The van der Waals surface area contributed by atoms with E-state index in [9.17, 15) is 9.59 Å². The van der Waals surface area contributed by atoms with Crippen LogP contribution in [0.15, 0.2) is 42.5 Å². The zero-order valence-electron chi connectivity index (χ0n) is 13.7. The van der Waals surface area contributed by atoms with E-state index in [1.54, 1.807) is 23.1 Å². The van der Waals surface area contributed by atoms with Crippen LogP contribution in [0.3, 0.4) is 0 Å². The average molecular weight is 378 g/mol. The predicted octanol–water partition coefficient (Wildman–Crippen LogP) is 4.40. The van der Waals surface area contributed by atoms with Gasteiger partial charge in [-0.1, -0.05) is 47.0 Å². The van der Waals surface area contributed by atoms with Gasteiger partial charge in [0.15, 0.2) is 0 Å². The molecule has 6 heteroatoms. The third kappa shape index (κ3) is 3.97. The maximum Gasteiger partial charge on any atom is 0.311 e. The minimum Gasteiger partial charge on any atom is -0.460 e. The second-order valence-electron chi connectivity index (χ2n) is 6.05. The van der Waals surface area contributed by atoms with Crippen LogP contribution < -0.4 is 4.90 Å². The van der Waals surface area contributed by atoms with E-state index in [1.165, 1.54) is 0 Å². The summed E-state index contributed by atoms with van der Waals surface area (Å²) in [5.41, 5.74) is 2.47. The van der Waals surface area contributed by atoms with E-state index in [0.29, 0.717) is 22.2 Å². The number of carbonyl (C=O) groups is 2. The molecular formula is C19H17Cl2NO3. The van der Waals surface area contributed by atoms with E-state index in [1.807, 2.05) is 31.2 Å². The zero-order valence-corrected chi connectivity index (χ0v) is 15.2. The van der Waals surface area contributed by atoms with Crippen molar-refractivity contribution < 1.29 is 14.3 Å². The number of anilines is 1. The predicted molar refractivity (Wildman–Crippen MR) is 97.9 cm³/mol. The third-order valence-corrected chi connectivity index (χ3v) is 4.93. The highest BCUT2D eigenvalue weighted by Gasteiger charge is 2.36. The number of hydrogen-bond donors (Lipinski definition) is 0. The molecule has 1 heterocycles. The van der Waals surface area contributed by atoms with Gasteiger partial charge in [0.2, 0.25) is 5.91 Å². The van der Waals surface area contributed by atoms with Crippen LogP contribution in [0.25, 0.3) is 0 Å². The highest BCUT2D eigenvalue weighted by atomic mass is 35.5. The van der Waals surface area contributed by atoms with Gasteiger partial charge in [0.25, 0.3) is 0 Å². The lowest BCUT2D eigenvalue weighted by Crippen LogP contribution is -2.26. The van der Waals surface area contributed by atoms with Gasteiger partial charge in [0.05, 0.1) is 5.92 Å². The van der Waals surface area contributed by atoms with E-state index in [2.05, 4.69) is 0 Å². The van der Waals surface area contributed by atoms with Crippen LogP contribution in [0.1, 0.15) is 17.5 Å². The molecule has 1 saturated heterocycles. The number of amides is 1. The molecule has 2 aromatic carbocycles. The minimum absolute atomic E-state index is 0.00738. The number of esters is 1. The molecule has 0 N–H and O–H groups in total. The maximum absolute atomic E-state index is 12.3. The Kier molecular flexibility index (Phi) is 5.30. The summed E-state index contributed by atoms with van der Waals surface area (Å²) in [7, 11) is 0. The van der Waals surface area contributed by atoms with E-state index in [0.717, 1.165) is 11.3 Å². The molecule has 1 atom stereocenters. The van der Waals surface area contributed by atoms with E-state index < -0.39 is 11.9 Å². The first-order chi connectivity index (χ1) is 12.0. The molecule has 0 spiro atoms. The van der Waals surface area contributed by atoms with Crippen molar-refractivity contribution in [3.05, 3.63) is 63.6 Å². The zero-order chi connectivity index (χ0) is 18.0. The van der Waals surface area contributed by atoms with Gasteiger partial charge in [-0.2, -0.15) is 0 Å². The standard InChI is InChI=1S/C19H17Cl2NO3/c1-12-5-7-14(8-6-12)22-10-13(9-18(22)23)19(24)25-11-15-16(20)3-2-4-17(15)21/h2-8,13H,9-11H2,1H3. The molecule has 0 radical (unpaired) electrons. The fraction of sp³-hybridized carbons (Fsp3) is 0.263. The molecule has 2 aromatic rings. The highest BCUT2D eigenvalue weighted by molar-refractivity contribution is 6.35. The van der Waals surface area contributed by atoms with Gasteiger partial charge in [-0.25, -0.2) is 0 Å². The van der Waals surface area contributed by atoms with Gasteiger partial charge in [0.1, 0.15) is 6.61 Å². The summed E-state index contributed by atoms with van der Waals surface area (Å²) in [5, 5.41) is 0.896. The van der Waals surface area contributed by atoms with Crippen molar-refractivity contribution in [2.45, 2.75) is 20.0 Å². The molecule has 130 valence electrons. The molecule has 1 fully saturated rings. The van der Waals surface area contributed by atoms with E-state index in [4.69, 9.17) is 27.9 Å². The van der Waals surface area contributed by atoms with Crippen LogP contribution in [0.2, 0.25) is 10.0 Å². The van der Waals surface area contributed by atoms with Gasteiger partial charge >= 0.3 is 5.97 Å². The number of halogens is 2. The number of carbonyl (C=O) groups excluding carboxylic acids is 2. The summed E-state index contributed by atoms with van der Waals surface area (Å²) in [6, 6.07) is 12.7. The number of rotatable bonds is 4. The third-order valence-electron chi connectivity index (χ3n) is 4.22. The Morgan fingerprint density at radius 2 is 1.80 bits per heavy atom. The first-order valence-corrected chi connectivity index (χ1v) is 8.68. The topological polar surface area (TPSA) is 46.6 Å². The molecular weight excluding hydrogens is 361 g/mol. The molecule has 1 amide bonds. The van der Waals surface area contributed by atoms with Crippen molar-refractivity contribution in [2.75, 3.05) is 11.4 Å². The number of ether oxygens (including phenoxy) is 1. The lowest BCUT2D eigenvalue weighted by atomic mass is 10.1. The molecule has 1 aliphatic rings. The second-order valence-corrected chi connectivity index (χ2v) is 6.86. The first-order valence-electron chi connectivity index (χ1n) is 7.92. The van der Waals surface area contributed by atoms with Crippen LogP contribution in [-0.2, 0) is 20.9 Å². The molecule has 0 bridgehead atoms. The lowest BCUT2D eigenvalue weighted by molar-refractivity contribution is -0.149. The summed E-state index contributed by atoms with van der Waals surface area (Å²) >= 11 is 12.1. The van der Waals surface area contributed by atoms with Gasteiger partial charge in [-0.15, -0.1) is 0 Å². The summed E-state index contributed by atoms with van der Waals surface area (Å²) in [6.45, 7) is 2.29. The molecule has 4 nitrogen and oxygen atoms in total. The molecule has 0 aromatic heterocycles. The monoisotopic (exact) mass is 377 g/mol. The van der Waals surface area contributed by atoms with Gasteiger partial charge in [0, 0.05) is 34.3 Å². The quantitative estimate of drug-likeness (QED) is 0.741. The molecule has 1 unspecified atom stereocenters. The first kappa shape index (κ1) is 17.8. The maximum atomic E-state index is 12.3. The number of nitrogens with zero attached hydrogens (tertiary/aromatic N) is 1. The average Bonchev–Trinajstić information content (AvgIpc) is 2.97. The van der Waals surface area contributed by atoms with Crippen molar-refractivity contribution in [1.82, 2.24) is 0 Å². The van der Waals surface area contributed by atoms with E-state index >= 15 is 0 Å². The Morgan fingerprint density at radius 3 is 2.44 bits per heavy atom. The van der Waals surface area contributed by atoms with Gasteiger partial charge in [-0.05, 0) is 31.2 Å². The lowest BCUT2D eigenvalue weighted by Gasteiger charge is -2.17. The van der Waals surface area contributed by atoms with Crippen LogP contribution in [0.4, 0.5) is 5.69 Å². The molecule has 0 aliphatic carbocycles. The number of aryl methyl sites for hydroxylation is 1. The Bertz CT molecular complexity index is 785. The van der Waals surface area contributed by atoms with Crippen LogP contribution in [0.5, 0.6) is 0 Å². The summed E-state index contributed by atoms with van der Waals surface area (Å²) in [5.74, 6) is -0.990. The van der Waals surface area contributed by atoms with Gasteiger partial charge < -0.3 is 9.64 Å². The van der Waals surface area contributed by atoms with Gasteiger partial charge in [-0.3, -0.25) is 9.59 Å². The SMILES string of the molecule is Cc1ccc(N2CC(C(=O)OCc3c(Cl)cccc3Cl)CC2=O)cc1. The Balaban J connectivity index is 1.64.